The molecule has 8 heteroatoms. The molecule has 0 aromatic heterocycles. The minimum Gasteiger partial charge on any atom is -0.356 e. The second kappa shape index (κ2) is 28.6. The first-order valence-electron chi connectivity index (χ1n) is 23.8. The summed E-state index contributed by atoms with van der Waals surface area (Å²) in [6, 6.07) is 94.8. The van der Waals surface area contributed by atoms with Crippen LogP contribution in [-0.4, -0.2) is 19.5 Å². The Morgan fingerprint density at radius 2 is 0.613 bits per heavy atom. The molecule has 1 N–H and O–H groups in total. The Labute approximate surface area is 453 Å². The Hall–Kier alpha value is -8.53. The molecule has 0 radical (unpaired) electrons. The van der Waals surface area contributed by atoms with Gasteiger partial charge in [-0.15, -0.1) is 0 Å². The van der Waals surface area contributed by atoms with Gasteiger partial charge in [0, 0.05) is 78.2 Å². The molecule has 11 rings (SSSR count). The van der Waals surface area contributed by atoms with Gasteiger partial charge < -0.3 is 29.5 Å². The maximum atomic E-state index is 11.1. The number of ether oxygens (including phenoxy) is 2. The number of hydrogen-bond donors (Lipinski definition) is 1. The van der Waals surface area contributed by atoms with Gasteiger partial charge in [-0.25, -0.2) is 0 Å². The molecule has 0 spiro atoms. The summed E-state index contributed by atoms with van der Waals surface area (Å²) >= 11 is 3.37. The fourth-order valence-corrected chi connectivity index (χ4v) is 8.50. The third kappa shape index (κ3) is 15.0. The molecule has 0 unspecified atom stereocenters. The molecule has 10 aromatic carbocycles. The molecule has 10 aromatic rings. The second-order valence-electron chi connectivity index (χ2n) is 16.6. The normalized spacial score (nSPS) is 11.3. The van der Waals surface area contributed by atoms with Gasteiger partial charge in [-0.2, -0.15) is 0 Å². The number of carbonyl (C=O) groups is 1. The lowest BCUT2D eigenvalue weighted by atomic mass is 10.1. The lowest BCUT2D eigenvalue weighted by Gasteiger charge is -2.28. The molecular formula is C67H65BrN4O3. The van der Waals surface area contributed by atoms with E-state index >= 15 is 0 Å². The number of hydrogen-bond acceptors (Lipinski definition) is 7. The molecule has 1 aliphatic heterocycles. The first-order valence-corrected chi connectivity index (χ1v) is 24.6. The molecule has 1 fully saturated rings. The van der Waals surface area contributed by atoms with E-state index in [9.17, 15) is 4.79 Å². The van der Waals surface area contributed by atoms with E-state index < -0.39 is 0 Å². The lowest BCUT2D eigenvalue weighted by molar-refractivity contribution is -0.0441. The van der Waals surface area contributed by atoms with Crippen molar-refractivity contribution in [2.45, 2.75) is 28.6 Å². The molecule has 1 aliphatic rings. The van der Waals surface area contributed by atoms with Crippen molar-refractivity contribution < 1.29 is 14.3 Å². The van der Waals surface area contributed by atoms with Crippen molar-refractivity contribution in [1.29, 1.82) is 0 Å². The van der Waals surface area contributed by atoms with Crippen molar-refractivity contribution in [2.75, 3.05) is 33.2 Å². The van der Waals surface area contributed by atoms with Crippen molar-refractivity contribution in [3.8, 4) is 0 Å². The minimum absolute atomic E-state index is 0. The van der Waals surface area contributed by atoms with Crippen LogP contribution in [0.2, 0.25) is 0 Å². The zero-order valence-corrected chi connectivity index (χ0v) is 41.2. The van der Waals surface area contributed by atoms with E-state index in [4.69, 9.17) is 9.47 Å². The zero-order valence-electron chi connectivity index (χ0n) is 39.6. The van der Waals surface area contributed by atoms with Crippen LogP contribution < -0.4 is 20.0 Å². The number of para-hydroxylation sites is 6. The summed E-state index contributed by atoms with van der Waals surface area (Å²) in [5.41, 5.74) is 13.7. The van der Waals surface area contributed by atoms with Crippen LogP contribution in [0.25, 0.3) is 0 Å². The predicted molar refractivity (Wildman–Crippen MR) is 321 cm³/mol. The van der Waals surface area contributed by atoms with Crippen LogP contribution in [-0.2, 0) is 9.47 Å². The standard InChI is InChI=1S/C31H24N2O.C24H20N2.C9H9BrO2.3CH4/c34-24-25-16-18-29(19-17-25)33(28-14-8-3-9-15-28)31-22-20-30(21-23-31)32(26-10-4-1-5-11-26)27-12-6-2-7-13-27;1-4-10-20(11-5-1)25-21-16-18-24(19-17-21)26(22-12-6-2-7-13-22)23-14-8-3-9-15-23;10-8-3-1-7(2-4-8)9-11-5-6-12-9;;;/h1-24H;1-19,25H;1-4,9H,5-6H2;3*1H4. The van der Waals surface area contributed by atoms with Crippen LogP contribution in [0.1, 0.15) is 44.5 Å². The molecule has 0 atom stereocenters. The molecule has 0 amide bonds. The highest BCUT2D eigenvalue weighted by molar-refractivity contribution is 9.10. The summed E-state index contributed by atoms with van der Waals surface area (Å²) in [6.07, 6.45) is 0.714. The Bertz CT molecular complexity index is 3070. The lowest BCUT2D eigenvalue weighted by Crippen LogP contribution is -2.12. The number of halogens is 1. The van der Waals surface area contributed by atoms with E-state index in [-0.39, 0.29) is 28.6 Å². The third-order valence-corrected chi connectivity index (χ3v) is 12.2. The van der Waals surface area contributed by atoms with Gasteiger partial charge in [0.05, 0.1) is 13.2 Å². The van der Waals surface area contributed by atoms with Crippen LogP contribution >= 0.6 is 15.9 Å². The van der Waals surface area contributed by atoms with Crippen molar-refractivity contribution >= 4 is 84.8 Å². The van der Waals surface area contributed by atoms with Crippen molar-refractivity contribution in [3.63, 3.8) is 0 Å². The monoisotopic (exact) mass is 1050 g/mol. The van der Waals surface area contributed by atoms with Crippen LogP contribution in [0.3, 0.4) is 0 Å². The Morgan fingerprint density at radius 3 is 0.933 bits per heavy atom. The van der Waals surface area contributed by atoms with Gasteiger partial charge in [0.2, 0.25) is 0 Å². The first kappa shape index (κ1) is 55.8. The van der Waals surface area contributed by atoms with Gasteiger partial charge in [-0.3, -0.25) is 4.79 Å². The van der Waals surface area contributed by atoms with Crippen LogP contribution in [0.4, 0.5) is 62.6 Å². The highest BCUT2D eigenvalue weighted by Crippen LogP contribution is 2.39. The summed E-state index contributed by atoms with van der Waals surface area (Å²) in [5, 5.41) is 3.43. The topological polar surface area (TPSA) is 57.3 Å². The highest BCUT2D eigenvalue weighted by Gasteiger charge is 2.18. The molecule has 7 nitrogen and oxygen atoms in total. The quantitative estimate of drug-likeness (QED) is 0.115. The second-order valence-corrected chi connectivity index (χ2v) is 17.5. The Balaban J connectivity index is 0.000000197. The number of nitrogens with zero attached hydrogens (tertiary/aromatic N) is 3. The summed E-state index contributed by atoms with van der Waals surface area (Å²) in [4.78, 5) is 17.8. The summed E-state index contributed by atoms with van der Waals surface area (Å²) in [5.74, 6) is 0. The molecule has 0 saturated carbocycles. The van der Waals surface area contributed by atoms with Gasteiger partial charge in [0.25, 0.3) is 0 Å². The number of anilines is 11. The van der Waals surface area contributed by atoms with Crippen molar-refractivity contribution in [3.05, 3.63) is 295 Å². The summed E-state index contributed by atoms with van der Waals surface area (Å²) < 4.78 is 11.8. The van der Waals surface area contributed by atoms with Crippen LogP contribution in [0.15, 0.2) is 284 Å². The van der Waals surface area contributed by atoms with Gasteiger partial charge in [-0.05, 0) is 158 Å². The maximum Gasteiger partial charge on any atom is 0.184 e. The largest absolute Gasteiger partial charge is 0.356 e. The maximum absolute atomic E-state index is 11.1. The SMILES string of the molecule is Brc1ccc(C2OCCO2)cc1.C.C.C.O=Cc1ccc(N(c2ccccc2)c2ccc(N(c3ccccc3)c3ccccc3)cc2)cc1.c1ccc(Nc2ccc(N(c3ccccc3)c3ccccc3)cc2)cc1. The van der Waals surface area contributed by atoms with E-state index in [0.717, 1.165) is 78.9 Å². The average molecular weight is 1050 g/mol. The molecule has 1 heterocycles. The number of aldehydes is 1. The van der Waals surface area contributed by atoms with E-state index in [1.54, 1.807) is 0 Å². The van der Waals surface area contributed by atoms with Gasteiger partial charge >= 0.3 is 0 Å². The number of nitrogens with one attached hydrogen (secondary N) is 1. The third-order valence-electron chi connectivity index (χ3n) is 11.7. The summed E-state index contributed by atoms with van der Waals surface area (Å²) in [7, 11) is 0. The van der Waals surface area contributed by atoms with E-state index in [2.05, 4.69) is 206 Å². The van der Waals surface area contributed by atoms with E-state index in [0.29, 0.717) is 18.8 Å². The Morgan fingerprint density at radius 1 is 0.347 bits per heavy atom. The average Bonchev–Trinajstić information content (AvgIpc) is 4.00. The molecule has 378 valence electrons. The van der Waals surface area contributed by atoms with Gasteiger partial charge in [0.1, 0.15) is 6.29 Å². The Kier molecular flexibility index (Phi) is 21.3. The molecular weight excluding hydrogens is 989 g/mol. The van der Waals surface area contributed by atoms with Crippen molar-refractivity contribution in [2.24, 2.45) is 0 Å². The fraction of sp³-hybridized carbons (Fsp3) is 0.0896. The number of benzene rings is 10. The first-order chi connectivity index (χ1) is 35.6. The smallest absolute Gasteiger partial charge is 0.184 e. The van der Waals surface area contributed by atoms with Crippen LogP contribution in [0.5, 0.6) is 0 Å². The van der Waals surface area contributed by atoms with E-state index in [1.165, 1.54) is 0 Å². The predicted octanol–water partition coefficient (Wildman–Crippen LogP) is 19.7. The number of rotatable bonds is 13. The zero-order chi connectivity index (χ0) is 49.2. The van der Waals surface area contributed by atoms with E-state index in [1.807, 2.05) is 109 Å². The van der Waals surface area contributed by atoms with Crippen molar-refractivity contribution in [1.82, 2.24) is 0 Å². The molecule has 0 aliphatic carbocycles. The molecule has 75 heavy (non-hydrogen) atoms. The summed E-state index contributed by atoms with van der Waals surface area (Å²) in [6.45, 7) is 1.39. The van der Waals surface area contributed by atoms with Crippen LogP contribution in [0, 0.1) is 0 Å². The van der Waals surface area contributed by atoms with Gasteiger partial charge in [0.15, 0.2) is 6.29 Å². The fourth-order valence-electron chi connectivity index (χ4n) is 8.23. The molecule has 0 bridgehead atoms. The minimum atomic E-state index is -0.155. The number of carbonyl (C=O) groups excluding carboxylic acids is 1. The molecule has 1 saturated heterocycles. The highest BCUT2D eigenvalue weighted by atomic mass is 79.9. The van der Waals surface area contributed by atoms with Gasteiger partial charge in [-0.1, -0.05) is 160 Å².